The van der Waals surface area contributed by atoms with Gasteiger partial charge in [0.15, 0.2) is 0 Å². The summed E-state index contributed by atoms with van der Waals surface area (Å²) in [6.07, 6.45) is 1.65. The number of carbonyl (C=O) groups excluding carboxylic acids is 1. The molecule has 0 bridgehead atoms. The number of aromatic nitrogens is 3. The maximum absolute atomic E-state index is 12.8. The summed E-state index contributed by atoms with van der Waals surface area (Å²) in [5, 5.41) is 9.78. The normalized spacial score (nSPS) is 14.5. The fraction of sp³-hybridized carbons (Fsp3) is 0.318. The summed E-state index contributed by atoms with van der Waals surface area (Å²) in [6.45, 7) is 0.143. The molecule has 0 atom stereocenters. The number of hydrogen-bond acceptors (Lipinski definition) is 3. The van der Waals surface area contributed by atoms with Gasteiger partial charge in [0.25, 0.3) is 0 Å². The number of halogens is 3. The van der Waals surface area contributed by atoms with E-state index in [1.807, 2.05) is 28.9 Å². The average molecular weight is 429 g/mol. The number of carbonyl (C=O) groups is 1. The maximum Gasteiger partial charge on any atom is 0.416 e. The molecule has 6 nitrogen and oxygen atoms in total. The number of rotatable bonds is 5. The van der Waals surface area contributed by atoms with Crippen molar-refractivity contribution in [3.8, 4) is 11.4 Å². The Labute approximate surface area is 177 Å². The second-order valence-electron chi connectivity index (χ2n) is 7.50. The summed E-state index contributed by atoms with van der Waals surface area (Å²) in [5.41, 5.74) is 1.61. The monoisotopic (exact) mass is 429 g/mol. The molecule has 162 valence electrons. The SMILES string of the molecule is O=C(NCc1cc(-c2ccccn2)n(C2CCCC2)n1)Nc1cccc(C(F)(F)F)c1. The third kappa shape index (κ3) is 5.04. The van der Waals surface area contributed by atoms with E-state index < -0.39 is 17.8 Å². The van der Waals surface area contributed by atoms with Crippen LogP contribution >= 0.6 is 0 Å². The maximum atomic E-state index is 12.8. The number of alkyl halides is 3. The molecule has 2 heterocycles. The molecule has 0 aliphatic heterocycles. The Morgan fingerprint density at radius 1 is 1.10 bits per heavy atom. The van der Waals surface area contributed by atoms with E-state index in [-0.39, 0.29) is 12.2 Å². The number of pyridine rings is 1. The zero-order valence-corrected chi connectivity index (χ0v) is 16.7. The van der Waals surface area contributed by atoms with Gasteiger partial charge in [0.1, 0.15) is 0 Å². The molecular formula is C22H22F3N5O. The fourth-order valence-electron chi connectivity index (χ4n) is 3.78. The molecule has 2 N–H and O–H groups in total. The van der Waals surface area contributed by atoms with Gasteiger partial charge >= 0.3 is 12.2 Å². The van der Waals surface area contributed by atoms with Crippen LogP contribution in [0.4, 0.5) is 23.7 Å². The number of urea groups is 1. The van der Waals surface area contributed by atoms with Crippen LogP contribution in [-0.4, -0.2) is 20.8 Å². The highest BCUT2D eigenvalue weighted by Gasteiger charge is 2.30. The highest BCUT2D eigenvalue weighted by molar-refractivity contribution is 5.89. The Morgan fingerprint density at radius 3 is 2.61 bits per heavy atom. The third-order valence-electron chi connectivity index (χ3n) is 5.26. The second-order valence-corrected chi connectivity index (χ2v) is 7.50. The minimum absolute atomic E-state index is 0.0676. The molecule has 1 saturated carbocycles. The van der Waals surface area contributed by atoms with Crippen molar-refractivity contribution in [1.29, 1.82) is 0 Å². The minimum Gasteiger partial charge on any atom is -0.332 e. The Morgan fingerprint density at radius 2 is 1.90 bits per heavy atom. The molecular weight excluding hydrogens is 407 g/mol. The van der Waals surface area contributed by atoms with Gasteiger partial charge in [-0.25, -0.2) is 4.79 Å². The number of amides is 2. The lowest BCUT2D eigenvalue weighted by molar-refractivity contribution is -0.137. The average Bonchev–Trinajstić information content (AvgIpc) is 3.42. The highest BCUT2D eigenvalue weighted by Crippen LogP contribution is 2.33. The zero-order valence-electron chi connectivity index (χ0n) is 16.7. The smallest absolute Gasteiger partial charge is 0.332 e. The summed E-state index contributed by atoms with van der Waals surface area (Å²) in [7, 11) is 0. The van der Waals surface area contributed by atoms with Crippen molar-refractivity contribution >= 4 is 11.7 Å². The van der Waals surface area contributed by atoms with Crippen LogP contribution < -0.4 is 10.6 Å². The first-order chi connectivity index (χ1) is 14.9. The summed E-state index contributed by atoms with van der Waals surface area (Å²) in [6, 6.07) is 11.8. The van der Waals surface area contributed by atoms with E-state index in [4.69, 9.17) is 0 Å². The van der Waals surface area contributed by atoms with Gasteiger partial charge in [0.05, 0.1) is 35.2 Å². The van der Waals surface area contributed by atoms with Crippen molar-refractivity contribution in [2.24, 2.45) is 0 Å². The summed E-state index contributed by atoms with van der Waals surface area (Å²) >= 11 is 0. The number of hydrogen-bond donors (Lipinski definition) is 2. The standard InChI is InChI=1S/C22H22F3N5O/c23-22(24,25)15-6-5-7-16(12-15)28-21(31)27-14-17-13-20(19-10-3-4-11-26-19)30(29-17)18-8-1-2-9-18/h3-7,10-13,18H,1-2,8-9,14H2,(H2,27,28,31). The Bertz CT molecular complexity index is 1040. The van der Waals surface area contributed by atoms with E-state index in [1.54, 1.807) is 6.20 Å². The van der Waals surface area contributed by atoms with Crippen LogP contribution in [0.25, 0.3) is 11.4 Å². The Kier molecular flexibility index (Phi) is 5.92. The van der Waals surface area contributed by atoms with Gasteiger partial charge in [-0.2, -0.15) is 18.3 Å². The summed E-state index contributed by atoms with van der Waals surface area (Å²) in [5.74, 6) is 0. The topological polar surface area (TPSA) is 71.8 Å². The Balaban J connectivity index is 1.45. The van der Waals surface area contributed by atoms with Crippen molar-refractivity contribution in [1.82, 2.24) is 20.1 Å². The lowest BCUT2D eigenvalue weighted by Crippen LogP contribution is -2.28. The Hall–Kier alpha value is -3.36. The number of benzene rings is 1. The van der Waals surface area contributed by atoms with E-state index in [9.17, 15) is 18.0 Å². The number of nitrogens with zero attached hydrogens (tertiary/aromatic N) is 3. The van der Waals surface area contributed by atoms with Crippen LogP contribution in [0.5, 0.6) is 0 Å². The van der Waals surface area contributed by atoms with Gasteiger partial charge in [0, 0.05) is 11.9 Å². The van der Waals surface area contributed by atoms with E-state index in [0.29, 0.717) is 11.7 Å². The molecule has 2 amide bonds. The zero-order chi connectivity index (χ0) is 21.8. The number of nitrogens with one attached hydrogen (secondary N) is 2. The van der Waals surface area contributed by atoms with Crippen LogP contribution in [0.1, 0.15) is 43.0 Å². The summed E-state index contributed by atoms with van der Waals surface area (Å²) in [4.78, 5) is 16.6. The van der Waals surface area contributed by atoms with Crippen LogP contribution in [-0.2, 0) is 12.7 Å². The van der Waals surface area contributed by atoms with Gasteiger partial charge in [-0.3, -0.25) is 9.67 Å². The van der Waals surface area contributed by atoms with E-state index in [2.05, 4.69) is 20.7 Å². The molecule has 3 aromatic rings. The molecule has 1 aliphatic carbocycles. The van der Waals surface area contributed by atoms with Crippen LogP contribution in [0.3, 0.4) is 0 Å². The van der Waals surface area contributed by atoms with Crippen LogP contribution in [0.15, 0.2) is 54.7 Å². The van der Waals surface area contributed by atoms with E-state index in [0.717, 1.165) is 49.2 Å². The van der Waals surface area contributed by atoms with Crippen molar-refractivity contribution in [3.05, 3.63) is 66.0 Å². The van der Waals surface area contributed by atoms with E-state index >= 15 is 0 Å². The minimum atomic E-state index is -4.47. The van der Waals surface area contributed by atoms with Crippen LogP contribution in [0, 0.1) is 0 Å². The lowest BCUT2D eigenvalue weighted by atomic mass is 10.2. The predicted octanol–water partition coefficient (Wildman–Crippen LogP) is 5.40. The number of anilines is 1. The van der Waals surface area contributed by atoms with Gasteiger partial charge in [-0.1, -0.05) is 25.0 Å². The molecule has 4 rings (SSSR count). The first-order valence-electron chi connectivity index (χ1n) is 10.1. The molecule has 1 aromatic carbocycles. The molecule has 0 saturated heterocycles. The van der Waals surface area contributed by atoms with Gasteiger partial charge < -0.3 is 10.6 Å². The molecule has 1 aliphatic rings. The molecule has 31 heavy (non-hydrogen) atoms. The highest BCUT2D eigenvalue weighted by atomic mass is 19.4. The van der Waals surface area contributed by atoms with Crippen molar-refractivity contribution in [2.75, 3.05) is 5.32 Å². The molecule has 9 heteroatoms. The first-order valence-corrected chi connectivity index (χ1v) is 10.1. The van der Waals surface area contributed by atoms with Crippen molar-refractivity contribution < 1.29 is 18.0 Å². The van der Waals surface area contributed by atoms with Gasteiger partial charge in [0.2, 0.25) is 0 Å². The lowest BCUT2D eigenvalue weighted by Gasteiger charge is -2.13. The third-order valence-corrected chi connectivity index (χ3v) is 5.26. The van der Waals surface area contributed by atoms with E-state index in [1.165, 1.54) is 12.1 Å². The quantitative estimate of drug-likeness (QED) is 0.570. The largest absolute Gasteiger partial charge is 0.416 e. The van der Waals surface area contributed by atoms with Crippen molar-refractivity contribution in [3.63, 3.8) is 0 Å². The van der Waals surface area contributed by atoms with Gasteiger partial charge in [-0.05, 0) is 49.2 Å². The molecule has 0 spiro atoms. The molecule has 1 fully saturated rings. The molecule has 0 unspecified atom stereocenters. The fourth-order valence-corrected chi connectivity index (χ4v) is 3.78. The van der Waals surface area contributed by atoms with Crippen LogP contribution in [0.2, 0.25) is 0 Å². The molecule has 2 aromatic heterocycles. The van der Waals surface area contributed by atoms with Gasteiger partial charge in [-0.15, -0.1) is 0 Å². The van der Waals surface area contributed by atoms with Crippen molar-refractivity contribution in [2.45, 2.75) is 44.4 Å². The summed E-state index contributed by atoms with van der Waals surface area (Å²) < 4.78 is 40.5. The predicted molar refractivity (Wildman–Crippen MR) is 110 cm³/mol. The molecule has 0 radical (unpaired) electrons. The first kappa shape index (κ1) is 20.9. The second kappa shape index (κ2) is 8.79.